The Hall–Kier alpha value is -2.56. The van der Waals surface area contributed by atoms with E-state index in [2.05, 4.69) is 4.98 Å². The summed E-state index contributed by atoms with van der Waals surface area (Å²) in [5, 5.41) is 0.417. The zero-order valence-corrected chi connectivity index (χ0v) is 18.9. The molecule has 0 saturated heterocycles. The molecule has 0 bridgehead atoms. The maximum atomic E-state index is 13.2. The summed E-state index contributed by atoms with van der Waals surface area (Å²) in [6, 6.07) is 8.00. The van der Waals surface area contributed by atoms with Crippen molar-refractivity contribution in [3.8, 4) is 11.5 Å². The maximum Gasteiger partial charge on any atom is 0.416 e. The fourth-order valence-electron chi connectivity index (χ4n) is 3.23. The van der Waals surface area contributed by atoms with Gasteiger partial charge in [-0.2, -0.15) is 13.2 Å². The Morgan fingerprint density at radius 1 is 1.12 bits per heavy atom. The topological polar surface area (TPSA) is 54.9 Å². The molecule has 0 spiro atoms. The zero-order chi connectivity index (χ0) is 22.2. The van der Waals surface area contributed by atoms with Crippen molar-refractivity contribution < 1.29 is 27.4 Å². The summed E-state index contributed by atoms with van der Waals surface area (Å²) in [6.45, 7) is 1.18. The van der Waals surface area contributed by atoms with E-state index in [-0.39, 0.29) is 24.8 Å². The number of carbonyl (C=O) groups excluding carboxylic acids is 1. The van der Waals surface area contributed by atoms with Gasteiger partial charge in [-0.3, -0.25) is 9.69 Å². The number of halogens is 4. The minimum absolute atomic E-state index is 0. The van der Waals surface area contributed by atoms with Crippen molar-refractivity contribution in [2.45, 2.75) is 12.6 Å². The highest BCUT2D eigenvalue weighted by Crippen LogP contribution is 2.40. The number of hydrogen-bond donors (Lipinski definition) is 0. The molecule has 0 saturated carbocycles. The third kappa shape index (κ3) is 5.08. The van der Waals surface area contributed by atoms with Gasteiger partial charge in [0.05, 0.1) is 15.8 Å². The first-order valence-corrected chi connectivity index (χ1v) is 10.4. The fourth-order valence-corrected chi connectivity index (χ4v) is 4.24. The van der Waals surface area contributed by atoms with Gasteiger partial charge < -0.3 is 14.4 Å². The molecule has 0 radical (unpaired) electrons. The minimum atomic E-state index is -4.53. The summed E-state index contributed by atoms with van der Waals surface area (Å²) in [5.74, 6) is 0.655. The molecule has 0 unspecified atom stereocenters. The van der Waals surface area contributed by atoms with E-state index in [9.17, 15) is 18.0 Å². The summed E-state index contributed by atoms with van der Waals surface area (Å²) < 4.78 is 51.0. The Morgan fingerprint density at radius 3 is 2.53 bits per heavy atom. The average Bonchev–Trinajstić information content (AvgIpc) is 3.33. The Bertz CT molecular complexity index is 1080. The number of benzene rings is 2. The first-order valence-electron chi connectivity index (χ1n) is 9.56. The smallest absolute Gasteiger partial charge is 0.416 e. The monoisotopic (exact) mass is 487 g/mol. The molecule has 11 heteroatoms. The highest BCUT2D eigenvalue weighted by Gasteiger charge is 2.32. The highest BCUT2D eigenvalue weighted by molar-refractivity contribution is 7.22. The van der Waals surface area contributed by atoms with Crippen molar-refractivity contribution in [3.63, 3.8) is 0 Å². The molecule has 32 heavy (non-hydrogen) atoms. The van der Waals surface area contributed by atoms with Crippen LogP contribution in [0.5, 0.6) is 11.5 Å². The molecule has 1 aliphatic rings. The van der Waals surface area contributed by atoms with Gasteiger partial charge in [-0.25, -0.2) is 4.98 Å². The third-order valence-electron chi connectivity index (χ3n) is 4.77. The van der Waals surface area contributed by atoms with Crippen molar-refractivity contribution >= 4 is 45.0 Å². The van der Waals surface area contributed by atoms with Gasteiger partial charge >= 0.3 is 6.18 Å². The second-order valence-electron chi connectivity index (χ2n) is 7.36. The largest absolute Gasteiger partial charge is 0.454 e. The number of thiazole rings is 1. The number of nitrogens with zero attached hydrogens (tertiary/aromatic N) is 3. The lowest BCUT2D eigenvalue weighted by atomic mass is 10.1. The van der Waals surface area contributed by atoms with Crippen LogP contribution in [0.15, 0.2) is 36.4 Å². The van der Waals surface area contributed by atoms with Crippen LogP contribution in [0.1, 0.15) is 22.3 Å². The quantitative estimate of drug-likeness (QED) is 0.486. The van der Waals surface area contributed by atoms with E-state index in [0.717, 1.165) is 16.8 Å². The fraction of sp³-hybridized carbons (Fsp3) is 0.333. The number of ether oxygens (including phenoxy) is 2. The average molecular weight is 488 g/mol. The second kappa shape index (κ2) is 9.51. The molecule has 2 aromatic carbocycles. The molecule has 6 nitrogen and oxygen atoms in total. The molecule has 0 atom stereocenters. The van der Waals surface area contributed by atoms with E-state index in [1.165, 1.54) is 28.4 Å². The van der Waals surface area contributed by atoms with E-state index in [4.69, 9.17) is 9.47 Å². The number of fused-ring (bicyclic) bond motifs is 2. The second-order valence-corrected chi connectivity index (χ2v) is 8.37. The van der Waals surface area contributed by atoms with Crippen LogP contribution >= 0.6 is 23.7 Å². The van der Waals surface area contributed by atoms with Crippen LogP contribution in [0.4, 0.5) is 18.3 Å². The predicted octanol–water partition coefficient (Wildman–Crippen LogP) is 5.06. The van der Waals surface area contributed by atoms with Crippen LogP contribution in [0, 0.1) is 0 Å². The van der Waals surface area contributed by atoms with E-state index < -0.39 is 17.6 Å². The molecule has 2 heterocycles. The van der Waals surface area contributed by atoms with E-state index in [0.29, 0.717) is 41.7 Å². The maximum absolute atomic E-state index is 13.2. The van der Waals surface area contributed by atoms with Gasteiger partial charge in [-0.1, -0.05) is 17.4 Å². The van der Waals surface area contributed by atoms with E-state index >= 15 is 0 Å². The number of hydrogen-bond acceptors (Lipinski definition) is 6. The number of anilines is 1. The van der Waals surface area contributed by atoms with Crippen molar-refractivity contribution in [2.24, 2.45) is 0 Å². The SMILES string of the molecule is CN(C)CCCN(C(=O)c1cccc(C(F)(F)F)c1)c1nc2cc3c(cc2s1)OCO3.Cl. The first-order chi connectivity index (χ1) is 14.7. The van der Waals surface area contributed by atoms with E-state index in [1.54, 1.807) is 12.1 Å². The molecule has 1 amide bonds. The molecule has 3 aromatic rings. The molecule has 0 N–H and O–H groups in total. The van der Waals surface area contributed by atoms with Gasteiger partial charge in [0.25, 0.3) is 5.91 Å². The van der Waals surface area contributed by atoms with Gasteiger partial charge in [0.15, 0.2) is 16.6 Å². The summed E-state index contributed by atoms with van der Waals surface area (Å²) in [5.41, 5.74) is -0.256. The summed E-state index contributed by atoms with van der Waals surface area (Å²) in [7, 11) is 3.83. The van der Waals surface area contributed by atoms with Crippen LogP contribution in [0.25, 0.3) is 10.2 Å². The van der Waals surface area contributed by atoms with Gasteiger partial charge in [0.1, 0.15) is 0 Å². The zero-order valence-electron chi connectivity index (χ0n) is 17.3. The Balaban J connectivity index is 0.00000289. The Morgan fingerprint density at radius 2 is 1.84 bits per heavy atom. The highest BCUT2D eigenvalue weighted by atomic mass is 35.5. The van der Waals surface area contributed by atoms with Gasteiger partial charge in [-0.15, -0.1) is 12.4 Å². The van der Waals surface area contributed by atoms with Crippen LogP contribution in [-0.2, 0) is 6.18 Å². The van der Waals surface area contributed by atoms with Crippen molar-refractivity contribution in [1.82, 2.24) is 9.88 Å². The number of aromatic nitrogens is 1. The molecule has 1 aliphatic heterocycles. The van der Waals surface area contributed by atoms with Gasteiger partial charge in [0, 0.05) is 24.2 Å². The first kappa shape index (κ1) is 24.1. The van der Waals surface area contributed by atoms with Crippen LogP contribution in [0.2, 0.25) is 0 Å². The molecule has 1 aromatic heterocycles. The van der Waals surface area contributed by atoms with Crippen molar-refractivity contribution in [2.75, 3.05) is 38.9 Å². The number of carbonyl (C=O) groups is 1. The van der Waals surface area contributed by atoms with Crippen molar-refractivity contribution in [1.29, 1.82) is 0 Å². The molecule has 0 aliphatic carbocycles. The van der Waals surface area contributed by atoms with Crippen LogP contribution in [0.3, 0.4) is 0 Å². The normalized spacial score (nSPS) is 12.8. The summed E-state index contributed by atoms with van der Waals surface area (Å²) in [6.07, 6.45) is -3.89. The molecular weight excluding hydrogens is 467 g/mol. The Kier molecular flexibility index (Phi) is 7.16. The third-order valence-corrected chi connectivity index (χ3v) is 5.81. The lowest BCUT2D eigenvalue weighted by Gasteiger charge is -2.21. The number of rotatable bonds is 6. The predicted molar refractivity (Wildman–Crippen MR) is 119 cm³/mol. The molecule has 172 valence electrons. The lowest BCUT2D eigenvalue weighted by Crippen LogP contribution is -2.33. The molecular formula is C21H21ClF3N3O3S. The number of alkyl halides is 3. The van der Waals surface area contributed by atoms with Crippen molar-refractivity contribution in [3.05, 3.63) is 47.5 Å². The van der Waals surface area contributed by atoms with Gasteiger partial charge in [-0.05, 0) is 45.3 Å². The minimum Gasteiger partial charge on any atom is -0.454 e. The van der Waals surface area contributed by atoms with Crippen LogP contribution in [-0.4, -0.2) is 49.8 Å². The lowest BCUT2D eigenvalue weighted by molar-refractivity contribution is -0.137. The molecule has 4 rings (SSSR count). The molecule has 0 fully saturated rings. The van der Waals surface area contributed by atoms with Crippen LogP contribution < -0.4 is 14.4 Å². The number of amides is 1. The standard InChI is InChI=1S/C21H20F3N3O3S.ClH/c1-26(2)7-4-8-27(19(28)13-5-3-6-14(9-13)21(22,23)24)20-25-15-10-16-17(30-12-29-16)11-18(15)31-20;/h3,5-6,9-11H,4,7-8,12H2,1-2H3;1H. The summed E-state index contributed by atoms with van der Waals surface area (Å²) >= 11 is 1.29. The van der Waals surface area contributed by atoms with E-state index in [1.807, 2.05) is 19.0 Å². The Labute approximate surface area is 193 Å². The summed E-state index contributed by atoms with van der Waals surface area (Å²) in [4.78, 5) is 21.2. The van der Waals surface area contributed by atoms with Gasteiger partial charge in [0.2, 0.25) is 6.79 Å².